The highest BCUT2D eigenvalue weighted by Gasteiger charge is 2.33. The summed E-state index contributed by atoms with van der Waals surface area (Å²) in [6, 6.07) is 10.0. The summed E-state index contributed by atoms with van der Waals surface area (Å²) in [4.78, 5) is 11.6. The Labute approximate surface area is 145 Å². The SMILES string of the molecule is OCc1cc2ccccc2nc1N1CC[C@H](c2nc(C3CC3)no2)C1. The molecular formula is C19H20N4O2. The molecule has 6 nitrogen and oxygen atoms in total. The number of rotatable bonds is 4. The topological polar surface area (TPSA) is 75.3 Å². The Morgan fingerprint density at radius 2 is 2.00 bits per heavy atom. The van der Waals surface area contributed by atoms with Gasteiger partial charge in [0.25, 0.3) is 0 Å². The maximum atomic E-state index is 9.78. The maximum Gasteiger partial charge on any atom is 0.231 e. The Morgan fingerprint density at radius 3 is 2.84 bits per heavy atom. The van der Waals surface area contributed by atoms with Gasteiger partial charge in [-0.25, -0.2) is 4.98 Å². The van der Waals surface area contributed by atoms with Crippen LogP contribution in [0.3, 0.4) is 0 Å². The molecule has 6 heteroatoms. The van der Waals surface area contributed by atoms with Crippen LogP contribution in [0, 0.1) is 0 Å². The minimum atomic E-state index is -0.0132. The first kappa shape index (κ1) is 14.8. The number of benzene rings is 1. The molecule has 1 saturated heterocycles. The summed E-state index contributed by atoms with van der Waals surface area (Å²) in [5, 5.41) is 15.0. The van der Waals surface area contributed by atoms with Crippen molar-refractivity contribution in [2.24, 2.45) is 0 Å². The van der Waals surface area contributed by atoms with Crippen molar-refractivity contribution in [2.75, 3.05) is 18.0 Å². The fraction of sp³-hybridized carbons (Fsp3) is 0.421. The van der Waals surface area contributed by atoms with Gasteiger partial charge in [0.15, 0.2) is 5.82 Å². The molecule has 2 fully saturated rings. The number of pyridine rings is 1. The standard InChI is InChI=1S/C19H20N4O2/c24-11-15-9-13-3-1-2-4-16(13)20-18(15)23-8-7-14(10-23)19-21-17(22-25-19)12-5-6-12/h1-4,9,12,14,24H,5-8,10-11H2/t14-/m0/s1. The van der Waals surface area contributed by atoms with Gasteiger partial charge in [-0.2, -0.15) is 4.98 Å². The van der Waals surface area contributed by atoms with Crippen LogP contribution in [-0.2, 0) is 6.61 Å². The first-order valence-corrected chi connectivity index (χ1v) is 8.90. The third-order valence-electron chi connectivity index (χ3n) is 5.19. The van der Waals surface area contributed by atoms with Gasteiger partial charge in [-0.15, -0.1) is 0 Å². The Morgan fingerprint density at radius 1 is 1.12 bits per heavy atom. The molecule has 128 valence electrons. The smallest absolute Gasteiger partial charge is 0.231 e. The number of hydrogen-bond donors (Lipinski definition) is 1. The second kappa shape index (κ2) is 5.81. The third kappa shape index (κ3) is 2.66. The van der Waals surface area contributed by atoms with Crippen molar-refractivity contribution in [3.8, 4) is 0 Å². The summed E-state index contributed by atoms with van der Waals surface area (Å²) in [5.74, 6) is 3.23. The lowest BCUT2D eigenvalue weighted by molar-refractivity contribution is 0.282. The van der Waals surface area contributed by atoms with Crippen LogP contribution in [0.15, 0.2) is 34.9 Å². The number of fused-ring (bicyclic) bond motifs is 1. The summed E-state index contributed by atoms with van der Waals surface area (Å²) < 4.78 is 5.50. The Balaban J connectivity index is 1.42. The molecule has 0 spiro atoms. The van der Waals surface area contributed by atoms with E-state index in [0.29, 0.717) is 5.92 Å². The number of anilines is 1. The van der Waals surface area contributed by atoms with Crippen LogP contribution in [0.1, 0.15) is 48.4 Å². The highest BCUT2D eigenvalue weighted by atomic mass is 16.5. The average Bonchev–Trinajstić information content (AvgIpc) is 3.19. The lowest BCUT2D eigenvalue weighted by Gasteiger charge is -2.20. The first-order chi connectivity index (χ1) is 12.3. The summed E-state index contributed by atoms with van der Waals surface area (Å²) in [5.41, 5.74) is 1.82. The van der Waals surface area contributed by atoms with Gasteiger partial charge in [-0.3, -0.25) is 0 Å². The van der Waals surface area contributed by atoms with Crippen LogP contribution >= 0.6 is 0 Å². The molecule has 1 aliphatic carbocycles. The van der Waals surface area contributed by atoms with Gasteiger partial charge in [-0.1, -0.05) is 23.4 Å². The fourth-order valence-corrected chi connectivity index (χ4v) is 3.61. The van der Waals surface area contributed by atoms with Crippen LogP contribution < -0.4 is 4.90 Å². The van der Waals surface area contributed by atoms with Gasteiger partial charge < -0.3 is 14.5 Å². The molecule has 3 heterocycles. The average molecular weight is 336 g/mol. The van der Waals surface area contributed by atoms with Gasteiger partial charge in [0.2, 0.25) is 5.89 Å². The van der Waals surface area contributed by atoms with Gasteiger partial charge >= 0.3 is 0 Å². The molecule has 1 aromatic carbocycles. The molecule has 0 amide bonds. The second-order valence-corrected chi connectivity index (χ2v) is 7.02. The molecule has 25 heavy (non-hydrogen) atoms. The van der Waals surface area contributed by atoms with E-state index >= 15 is 0 Å². The van der Waals surface area contributed by atoms with Crippen molar-refractivity contribution in [1.29, 1.82) is 0 Å². The molecule has 0 bridgehead atoms. The van der Waals surface area contributed by atoms with Gasteiger partial charge in [0.1, 0.15) is 5.82 Å². The number of aliphatic hydroxyl groups is 1. The van der Waals surface area contributed by atoms with Gasteiger partial charge in [-0.05, 0) is 31.4 Å². The molecule has 2 aromatic heterocycles. The minimum Gasteiger partial charge on any atom is -0.392 e. The molecule has 1 aliphatic heterocycles. The van der Waals surface area contributed by atoms with E-state index in [4.69, 9.17) is 9.51 Å². The predicted molar refractivity (Wildman–Crippen MR) is 93.5 cm³/mol. The maximum absolute atomic E-state index is 9.78. The number of nitrogens with zero attached hydrogens (tertiary/aromatic N) is 4. The van der Waals surface area contributed by atoms with E-state index in [1.807, 2.05) is 30.3 Å². The number of hydrogen-bond acceptors (Lipinski definition) is 6. The van der Waals surface area contributed by atoms with Crippen molar-refractivity contribution in [3.63, 3.8) is 0 Å². The van der Waals surface area contributed by atoms with E-state index in [9.17, 15) is 5.11 Å². The quantitative estimate of drug-likeness (QED) is 0.789. The van der Waals surface area contributed by atoms with Crippen LogP contribution in [0.5, 0.6) is 0 Å². The lowest BCUT2D eigenvalue weighted by Crippen LogP contribution is -2.22. The summed E-state index contributed by atoms with van der Waals surface area (Å²) >= 11 is 0. The zero-order valence-electron chi connectivity index (χ0n) is 13.9. The minimum absolute atomic E-state index is 0.0132. The Hall–Kier alpha value is -2.47. The normalized spacial score (nSPS) is 20.5. The van der Waals surface area contributed by atoms with Crippen molar-refractivity contribution < 1.29 is 9.63 Å². The van der Waals surface area contributed by atoms with Crippen LogP contribution in [0.25, 0.3) is 10.9 Å². The largest absolute Gasteiger partial charge is 0.392 e. The molecule has 1 saturated carbocycles. The molecule has 3 aromatic rings. The zero-order valence-corrected chi connectivity index (χ0v) is 13.9. The van der Waals surface area contributed by atoms with Crippen LogP contribution in [0.4, 0.5) is 5.82 Å². The van der Waals surface area contributed by atoms with E-state index in [1.54, 1.807) is 0 Å². The van der Waals surface area contributed by atoms with Crippen molar-refractivity contribution in [1.82, 2.24) is 15.1 Å². The lowest BCUT2D eigenvalue weighted by atomic mass is 10.1. The van der Waals surface area contributed by atoms with E-state index in [2.05, 4.69) is 15.0 Å². The van der Waals surface area contributed by atoms with E-state index in [0.717, 1.165) is 53.5 Å². The van der Waals surface area contributed by atoms with Crippen molar-refractivity contribution in [3.05, 3.63) is 47.6 Å². The highest BCUT2D eigenvalue weighted by molar-refractivity contribution is 5.81. The first-order valence-electron chi connectivity index (χ1n) is 8.90. The van der Waals surface area contributed by atoms with Gasteiger partial charge in [0.05, 0.1) is 18.0 Å². The second-order valence-electron chi connectivity index (χ2n) is 7.02. The number of para-hydroxylation sites is 1. The van der Waals surface area contributed by atoms with Gasteiger partial charge in [0, 0.05) is 30.0 Å². The van der Waals surface area contributed by atoms with Crippen LogP contribution in [-0.4, -0.2) is 33.3 Å². The van der Waals surface area contributed by atoms with E-state index < -0.39 is 0 Å². The molecule has 0 unspecified atom stereocenters. The fourth-order valence-electron chi connectivity index (χ4n) is 3.61. The Kier molecular flexibility index (Phi) is 3.45. The molecule has 0 radical (unpaired) electrons. The summed E-state index contributed by atoms with van der Waals surface area (Å²) in [7, 11) is 0. The monoisotopic (exact) mass is 336 g/mol. The van der Waals surface area contributed by atoms with Crippen molar-refractivity contribution >= 4 is 16.7 Å². The van der Waals surface area contributed by atoms with E-state index in [-0.39, 0.29) is 12.5 Å². The molecule has 1 N–H and O–H groups in total. The zero-order chi connectivity index (χ0) is 16.8. The molecule has 2 aliphatic rings. The molecular weight excluding hydrogens is 316 g/mol. The van der Waals surface area contributed by atoms with E-state index in [1.165, 1.54) is 12.8 Å². The molecule has 5 rings (SSSR count). The molecule has 1 atom stereocenters. The number of aliphatic hydroxyl groups excluding tert-OH is 1. The number of aromatic nitrogens is 3. The summed E-state index contributed by atoms with van der Waals surface area (Å²) in [6.45, 7) is 1.66. The van der Waals surface area contributed by atoms with Crippen LogP contribution in [0.2, 0.25) is 0 Å². The Bertz CT molecular complexity index is 919. The predicted octanol–water partition coefficient (Wildman–Crippen LogP) is 2.98. The summed E-state index contributed by atoms with van der Waals surface area (Å²) in [6.07, 6.45) is 3.32. The highest BCUT2D eigenvalue weighted by Crippen LogP contribution is 2.39. The third-order valence-corrected chi connectivity index (χ3v) is 5.19. The van der Waals surface area contributed by atoms with Crippen molar-refractivity contribution in [2.45, 2.75) is 37.7 Å².